The second-order valence-electron chi connectivity index (χ2n) is 11.9. The van der Waals surface area contributed by atoms with Crippen molar-refractivity contribution in [2.75, 3.05) is 13.1 Å². The first-order valence-corrected chi connectivity index (χ1v) is 15.8. The van der Waals surface area contributed by atoms with Crippen LogP contribution in [0.25, 0.3) is 0 Å². The van der Waals surface area contributed by atoms with Gasteiger partial charge in [-0.1, -0.05) is 71.9 Å². The van der Waals surface area contributed by atoms with Crippen LogP contribution >= 0.6 is 0 Å². The average Bonchev–Trinajstić information content (AvgIpc) is 2.91. The minimum absolute atomic E-state index is 0.0517. The van der Waals surface area contributed by atoms with Crippen molar-refractivity contribution in [1.29, 1.82) is 5.41 Å². The first-order chi connectivity index (χ1) is 19.1. The highest BCUT2D eigenvalue weighted by atomic mass is 32.2. The van der Waals surface area contributed by atoms with E-state index in [0.717, 1.165) is 5.56 Å². The van der Waals surface area contributed by atoms with Crippen molar-refractivity contribution in [3.05, 3.63) is 64.2 Å². The van der Waals surface area contributed by atoms with E-state index in [1.54, 1.807) is 29.2 Å². The molecule has 1 heterocycles. The number of aliphatic carboxylic acids is 1. The lowest BCUT2D eigenvalue weighted by Crippen LogP contribution is -2.52. The molecule has 10 heteroatoms. The van der Waals surface area contributed by atoms with Crippen LogP contribution in [0.1, 0.15) is 100.0 Å². The number of amidine groups is 1. The molecule has 1 saturated heterocycles. The maximum atomic E-state index is 14.3. The van der Waals surface area contributed by atoms with E-state index in [0.29, 0.717) is 35.1 Å². The Morgan fingerprint density at radius 2 is 1.56 bits per heavy atom. The first-order valence-electron chi connectivity index (χ1n) is 14.3. The second kappa shape index (κ2) is 13.2. The molecule has 5 N–H and O–H groups in total. The molecule has 1 amide bonds. The number of rotatable bonds is 11. The molecule has 2 aromatic rings. The third-order valence-corrected chi connectivity index (χ3v) is 9.38. The zero-order valence-electron chi connectivity index (χ0n) is 24.9. The Morgan fingerprint density at radius 3 is 2.02 bits per heavy atom. The van der Waals surface area contributed by atoms with Crippen LogP contribution < -0.4 is 10.5 Å². The van der Waals surface area contributed by atoms with E-state index >= 15 is 0 Å². The van der Waals surface area contributed by atoms with Crippen LogP contribution in [0.2, 0.25) is 0 Å². The van der Waals surface area contributed by atoms with E-state index in [-0.39, 0.29) is 48.0 Å². The van der Waals surface area contributed by atoms with E-state index in [9.17, 15) is 23.1 Å². The van der Waals surface area contributed by atoms with E-state index in [2.05, 4.69) is 18.6 Å². The Balaban J connectivity index is 2.07. The molecule has 0 aliphatic carbocycles. The fourth-order valence-electron chi connectivity index (χ4n) is 5.29. The minimum atomic E-state index is -4.17. The summed E-state index contributed by atoms with van der Waals surface area (Å²) in [4.78, 5) is 27.1. The molecule has 9 nitrogen and oxygen atoms in total. The number of sulfonamides is 1. The molecule has 0 aromatic heterocycles. The maximum absolute atomic E-state index is 14.3. The lowest BCUT2D eigenvalue weighted by Gasteiger charge is -2.33. The normalized spacial score (nSPS) is 15.5. The molecule has 41 heavy (non-hydrogen) atoms. The largest absolute Gasteiger partial charge is 0.481 e. The molecule has 224 valence electrons. The van der Waals surface area contributed by atoms with Crippen LogP contribution in [0, 0.1) is 11.3 Å². The predicted molar refractivity (Wildman–Crippen MR) is 161 cm³/mol. The molecule has 1 atom stereocenters. The smallest absolute Gasteiger partial charge is 0.306 e. The molecular formula is C31H44N4O5S. The zero-order valence-corrected chi connectivity index (χ0v) is 25.7. The van der Waals surface area contributed by atoms with Gasteiger partial charge in [-0.05, 0) is 65.3 Å². The summed E-state index contributed by atoms with van der Waals surface area (Å²) in [6.07, 6.45) is 0.675. The van der Waals surface area contributed by atoms with Gasteiger partial charge < -0.3 is 15.7 Å². The van der Waals surface area contributed by atoms with Gasteiger partial charge in [0.05, 0.1) is 10.8 Å². The van der Waals surface area contributed by atoms with Gasteiger partial charge in [0.15, 0.2) is 0 Å². The standard InChI is InChI=1S/C31H44N4O5S/c1-18(2)24-16-25(19(3)4)28(26(17-24)20(5)6)41(39,40)34-27(15-21-8-7-9-23(14-21)29(32)33)30(36)35-12-10-22(11-13-35)31(37)38/h7-9,14,16-20,22,27,34H,10-13,15H2,1-6H3,(H3,32,33)(H,37,38)/t27-/m0/s1. The average molecular weight is 585 g/mol. The number of nitrogens with two attached hydrogens (primary N) is 1. The molecule has 1 aliphatic heterocycles. The van der Waals surface area contributed by atoms with Gasteiger partial charge in [0.2, 0.25) is 15.9 Å². The number of nitrogens with zero attached hydrogens (tertiary/aromatic N) is 1. The number of carboxylic acids is 1. The number of carbonyl (C=O) groups is 2. The summed E-state index contributed by atoms with van der Waals surface area (Å²) in [5, 5.41) is 17.2. The van der Waals surface area contributed by atoms with Crippen molar-refractivity contribution in [2.45, 2.75) is 89.5 Å². The molecule has 3 rings (SSSR count). The van der Waals surface area contributed by atoms with Gasteiger partial charge in [-0.3, -0.25) is 15.0 Å². The van der Waals surface area contributed by atoms with E-state index in [1.807, 2.05) is 39.8 Å². The number of amides is 1. The third-order valence-electron chi connectivity index (χ3n) is 7.78. The summed E-state index contributed by atoms with van der Waals surface area (Å²) in [5.74, 6) is -1.87. The summed E-state index contributed by atoms with van der Waals surface area (Å²) >= 11 is 0. The van der Waals surface area contributed by atoms with Crippen molar-refractivity contribution in [3.8, 4) is 0 Å². The Kier molecular flexibility index (Phi) is 10.4. The summed E-state index contributed by atoms with van der Waals surface area (Å²) in [6.45, 7) is 12.5. The minimum Gasteiger partial charge on any atom is -0.481 e. The number of hydrogen-bond donors (Lipinski definition) is 4. The van der Waals surface area contributed by atoms with Gasteiger partial charge in [-0.15, -0.1) is 0 Å². The molecule has 0 radical (unpaired) electrons. The molecule has 0 spiro atoms. The number of hydrogen-bond acceptors (Lipinski definition) is 5. The number of carbonyl (C=O) groups excluding carboxylic acids is 1. The number of carboxylic acid groups (broad SMARTS) is 1. The summed E-state index contributed by atoms with van der Waals surface area (Å²) in [5.41, 5.74) is 9.29. The van der Waals surface area contributed by atoms with Crippen molar-refractivity contribution >= 4 is 27.7 Å². The summed E-state index contributed by atoms with van der Waals surface area (Å²) in [6, 6.07) is 9.65. The van der Waals surface area contributed by atoms with Gasteiger partial charge in [0.25, 0.3) is 0 Å². The van der Waals surface area contributed by atoms with Crippen LogP contribution in [0.5, 0.6) is 0 Å². The molecular weight excluding hydrogens is 540 g/mol. The molecule has 0 saturated carbocycles. The Morgan fingerprint density at radius 1 is 1.00 bits per heavy atom. The topological polar surface area (TPSA) is 154 Å². The lowest BCUT2D eigenvalue weighted by molar-refractivity contribution is -0.146. The maximum Gasteiger partial charge on any atom is 0.306 e. The van der Waals surface area contributed by atoms with Crippen LogP contribution in [-0.2, 0) is 26.0 Å². The highest BCUT2D eigenvalue weighted by Gasteiger charge is 2.35. The number of likely N-dealkylation sites (tertiary alicyclic amines) is 1. The number of nitrogens with one attached hydrogen (secondary N) is 2. The predicted octanol–water partition coefficient (Wildman–Crippen LogP) is 4.55. The van der Waals surface area contributed by atoms with Crippen LogP contribution in [0.4, 0.5) is 0 Å². The van der Waals surface area contributed by atoms with E-state index in [1.165, 1.54) is 0 Å². The van der Waals surface area contributed by atoms with Crippen molar-refractivity contribution < 1.29 is 23.1 Å². The fourth-order valence-corrected chi connectivity index (χ4v) is 7.18. The van der Waals surface area contributed by atoms with Crippen LogP contribution in [0.3, 0.4) is 0 Å². The van der Waals surface area contributed by atoms with Crippen molar-refractivity contribution in [3.63, 3.8) is 0 Å². The van der Waals surface area contributed by atoms with E-state index < -0.39 is 33.9 Å². The highest BCUT2D eigenvalue weighted by molar-refractivity contribution is 7.89. The quantitative estimate of drug-likeness (QED) is 0.224. The van der Waals surface area contributed by atoms with Gasteiger partial charge in [-0.25, -0.2) is 8.42 Å². The second-order valence-corrected chi connectivity index (χ2v) is 13.6. The SMILES string of the molecule is CC(C)c1cc(C(C)C)c(S(=O)(=O)N[C@@H](Cc2cccc(C(=N)N)c2)C(=O)N2CCC(C(=O)O)CC2)c(C(C)C)c1. The Hall–Kier alpha value is -3.24. The monoisotopic (exact) mass is 584 g/mol. The number of nitrogen functional groups attached to an aromatic ring is 1. The van der Waals surface area contributed by atoms with Gasteiger partial charge >= 0.3 is 5.97 Å². The molecule has 1 aliphatic rings. The van der Waals surface area contributed by atoms with Gasteiger partial charge in [0.1, 0.15) is 11.9 Å². The van der Waals surface area contributed by atoms with Crippen molar-refractivity contribution in [1.82, 2.24) is 9.62 Å². The van der Waals surface area contributed by atoms with Gasteiger partial charge in [-0.2, -0.15) is 4.72 Å². The molecule has 0 bridgehead atoms. The van der Waals surface area contributed by atoms with E-state index in [4.69, 9.17) is 11.1 Å². The Bertz CT molecular complexity index is 1360. The van der Waals surface area contributed by atoms with Gasteiger partial charge in [0, 0.05) is 18.7 Å². The fraction of sp³-hybridized carbons (Fsp3) is 0.516. The lowest BCUT2D eigenvalue weighted by atomic mass is 9.89. The summed E-state index contributed by atoms with van der Waals surface area (Å²) < 4.78 is 31.3. The van der Waals surface area contributed by atoms with Crippen molar-refractivity contribution in [2.24, 2.45) is 11.7 Å². The summed E-state index contributed by atoms with van der Waals surface area (Å²) in [7, 11) is -4.17. The molecule has 2 aromatic carbocycles. The number of piperidine rings is 1. The zero-order chi connectivity index (χ0) is 30.6. The third kappa shape index (κ3) is 7.74. The first kappa shape index (κ1) is 32.3. The Labute approximate surface area is 244 Å². The molecule has 0 unspecified atom stereocenters. The number of benzene rings is 2. The van der Waals surface area contributed by atoms with Crippen LogP contribution in [0.15, 0.2) is 41.3 Å². The highest BCUT2D eigenvalue weighted by Crippen LogP contribution is 2.35. The molecule has 1 fully saturated rings. The van der Waals surface area contributed by atoms with Crippen LogP contribution in [-0.4, -0.2) is 55.3 Å².